The number of hydrogen-bond acceptors (Lipinski definition) is 6. The second kappa shape index (κ2) is 11.5. The molecule has 0 aromatic heterocycles. The molecule has 0 aliphatic heterocycles. The fourth-order valence-corrected chi connectivity index (χ4v) is 2.92. The van der Waals surface area contributed by atoms with E-state index >= 15 is 0 Å². The topological polar surface area (TPSA) is 83.1 Å². The number of amides is 1. The van der Waals surface area contributed by atoms with Crippen molar-refractivity contribution in [2.45, 2.75) is 6.92 Å². The van der Waals surface area contributed by atoms with E-state index < -0.39 is 5.97 Å². The summed E-state index contributed by atoms with van der Waals surface area (Å²) >= 11 is 0. The van der Waals surface area contributed by atoms with Gasteiger partial charge in [-0.15, -0.1) is 0 Å². The number of nitrogens with one attached hydrogen (secondary N) is 1. The molecule has 0 radical (unpaired) electrons. The molecule has 0 saturated heterocycles. The van der Waals surface area contributed by atoms with Gasteiger partial charge in [-0.2, -0.15) is 0 Å². The standard InChI is InChI=1S/C25H25NO6/c1-3-30-16-17-31-23-11-7-5-9-21(23)25(28)32-19-14-12-18(13-15-19)26-24(27)20-8-4-6-10-22(20)29-2/h4-15H,3,16-17H2,1-2H3,(H,26,27). The number of para-hydroxylation sites is 2. The molecule has 7 nitrogen and oxygen atoms in total. The van der Waals surface area contributed by atoms with Crippen molar-refractivity contribution < 1.29 is 28.5 Å². The van der Waals surface area contributed by atoms with Crippen LogP contribution in [-0.2, 0) is 4.74 Å². The Morgan fingerprint density at radius 3 is 2.16 bits per heavy atom. The molecule has 0 atom stereocenters. The number of carbonyl (C=O) groups excluding carboxylic acids is 2. The summed E-state index contributed by atoms with van der Waals surface area (Å²) in [7, 11) is 1.51. The summed E-state index contributed by atoms with van der Waals surface area (Å²) in [5.41, 5.74) is 1.30. The number of methoxy groups -OCH3 is 1. The van der Waals surface area contributed by atoms with Crippen molar-refractivity contribution in [1.82, 2.24) is 0 Å². The predicted molar refractivity (Wildman–Crippen MR) is 121 cm³/mol. The zero-order valence-electron chi connectivity index (χ0n) is 18.0. The van der Waals surface area contributed by atoms with Crippen LogP contribution in [0.2, 0.25) is 0 Å². The highest BCUT2D eigenvalue weighted by molar-refractivity contribution is 6.06. The second-order valence-corrected chi connectivity index (χ2v) is 6.61. The van der Waals surface area contributed by atoms with E-state index in [0.29, 0.717) is 53.9 Å². The van der Waals surface area contributed by atoms with Crippen LogP contribution in [0.25, 0.3) is 0 Å². The molecule has 3 aromatic carbocycles. The highest BCUT2D eigenvalue weighted by Crippen LogP contribution is 2.23. The van der Waals surface area contributed by atoms with Crippen LogP contribution in [0, 0.1) is 0 Å². The largest absolute Gasteiger partial charge is 0.496 e. The molecule has 3 rings (SSSR count). The van der Waals surface area contributed by atoms with Crippen LogP contribution in [-0.4, -0.2) is 38.8 Å². The Hall–Kier alpha value is -3.84. The van der Waals surface area contributed by atoms with Gasteiger partial charge < -0.3 is 24.3 Å². The van der Waals surface area contributed by atoms with Gasteiger partial charge in [0, 0.05) is 12.3 Å². The zero-order chi connectivity index (χ0) is 22.8. The van der Waals surface area contributed by atoms with Crippen molar-refractivity contribution in [3.8, 4) is 17.2 Å². The Balaban J connectivity index is 1.62. The molecular formula is C25H25NO6. The van der Waals surface area contributed by atoms with Gasteiger partial charge in [0.2, 0.25) is 0 Å². The third kappa shape index (κ3) is 6.09. The number of ether oxygens (including phenoxy) is 4. The smallest absolute Gasteiger partial charge is 0.347 e. The lowest BCUT2D eigenvalue weighted by Gasteiger charge is -2.12. The molecule has 0 saturated carbocycles. The minimum atomic E-state index is -0.539. The van der Waals surface area contributed by atoms with Crippen LogP contribution in [0.4, 0.5) is 5.69 Å². The third-order valence-electron chi connectivity index (χ3n) is 4.47. The van der Waals surface area contributed by atoms with Crippen molar-refractivity contribution in [2.75, 3.05) is 32.2 Å². The maximum Gasteiger partial charge on any atom is 0.347 e. The molecule has 1 amide bonds. The van der Waals surface area contributed by atoms with Crippen molar-refractivity contribution >= 4 is 17.6 Å². The van der Waals surface area contributed by atoms with E-state index in [9.17, 15) is 9.59 Å². The van der Waals surface area contributed by atoms with Crippen molar-refractivity contribution in [3.63, 3.8) is 0 Å². The number of hydrogen-bond donors (Lipinski definition) is 1. The summed E-state index contributed by atoms with van der Waals surface area (Å²) in [6, 6.07) is 20.3. The molecule has 32 heavy (non-hydrogen) atoms. The van der Waals surface area contributed by atoms with Crippen LogP contribution in [0.15, 0.2) is 72.8 Å². The lowest BCUT2D eigenvalue weighted by atomic mass is 10.2. The summed E-state index contributed by atoms with van der Waals surface area (Å²) in [6.45, 7) is 3.27. The lowest BCUT2D eigenvalue weighted by molar-refractivity contribution is 0.0724. The number of benzene rings is 3. The van der Waals surface area contributed by atoms with Gasteiger partial charge in [0.15, 0.2) is 0 Å². The van der Waals surface area contributed by atoms with Crippen molar-refractivity contribution in [3.05, 3.63) is 83.9 Å². The van der Waals surface area contributed by atoms with Crippen LogP contribution in [0.3, 0.4) is 0 Å². The summed E-state index contributed by atoms with van der Waals surface area (Å²) in [5, 5.41) is 2.80. The molecule has 0 bridgehead atoms. The van der Waals surface area contributed by atoms with Crippen LogP contribution < -0.4 is 19.5 Å². The van der Waals surface area contributed by atoms with Crippen LogP contribution in [0.5, 0.6) is 17.2 Å². The minimum Gasteiger partial charge on any atom is -0.496 e. The Kier molecular flexibility index (Phi) is 8.22. The summed E-state index contributed by atoms with van der Waals surface area (Å²) in [4.78, 5) is 25.1. The Morgan fingerprint density at radius 2 is 1.47 bits per heavy atom. The Bertz CT molecular complexity index is 1050. The van der Waals surface area contributed by atoms with E-state index in [0.717, 1.165) is 0 Å². The Morgan fingerprint density at radius 1 is 0.812 bits per heavy atom. The monoisotopic (exact) mass is 435 g/mol. The molecule has 0 spiro atoms. The van der Waals surface area contributed by atoms with Gasteiger partial charge in [-0.25, -0.2) is 4.79 Å². The highest BCUT2D eigenvalue weighted by Gasteiger charge is 2.15. The average Bonchev–Trinajstić information content (AvgIpc) is 2.83. The number of esters is 1. The molecule has 166 valence electrons. The summed E-state index contributed by atoms with van der Waals surface area (Å²) in [5.74, 6) is 0.415. The van der Waals surface area contributed by atoms with Gasteiger partial charge in [0.05, 0.1) is 19.3 Å². The fourth-order valence-electron chi connectivity index (χ4n) is 2.92. The quantitative estimate of drug-likeness (QED) is 0.285. The summed E-state index contributed by atoms with van der Waals surface area (Å²) < 4.78 is 21.6. The van der Waals surface area contributed by atoms with Gasteiger partial charge in [-0.05, 0) is 55.5 Å². The van der Waals surface area contributed by atoms with Gasteiger partial charge in [-0.3, -0.25) is 4.79 Å². The molecule has 0 unspecified atom stereocenters. The molecule has 0 aliphatic rings. The van der Waals surface area contributed by atoms with Gasteiger partial charge in [0.1, 0.15) is 29.4 Å². The minimum absolute atomic E-state index is 0.301. The predicted octanol–water partition coefficient (Wildman–Crippen LogP) is 4.58. The first kappa shape index (κ1) is 22.8. The van der Waals surface area contributed by atoms with Crippen LogP contribution in [0.1, 0.15) is 27.6 Å². The zero-order valence-corrected chi connectivity index (χ0v) is 18.0. The van der Waals surface area contributed by atoms with Crippen molar-refractivity contribution in [2.24, 2.45) is 0 Å². The summed E-state index contributed by atoms with van der Waals surface area (Å²) in [6.07, 6.45) is 0. The van der Waals surface area contributed by atoms with E-state index in [4.69, 9.17) is 18.9 Å². The van der Waals surface area contributed by atoms with E-state index in [1.54, 1.807) is 72.8 Å². The van der Waals surface area contributed by atoms with Gasteiger partial charge >= 0.3 is 5.97 Å². The number of carbonyl (C=O) groups is 2. The van der Waals surface area contributed by atoms with E-state index in [-0.39, 0.29) is 5.91 Å². The molecule has 7 heteroatoms. The molecule has 0 fully saturated rings. The lowest BCUT2D eigenvalue weighted by Crippen LogP contribution is -2.14. The number of rotatable bonds is 10. The van der Waals surface area contributed by atoms with Gasteiger partial charge in [-0.1, -0.05) is 24.3 Å². The number of anilines is 1. The fraction of sp³-hybridized carbons (Fsp3) is 0.200. The first-order valence-electron chi connectivity index (χ1n) is 10.2. The maximum atomic E-state index is 12.6. The Labute approximate surface area is 186 Å². The van der Waals surface area contributed by atoms with E-state index in [1.165, 1.54) is 7.11 Å². The van der Waals surface area contributed by atoms with E-state index in [2.05, 4.69) is 5.32 Å². The maximum absolute atomic E-state index is 12.6. The van der Waals surface area contributed by atoms with Crippen molar-refractivity contribution in [1.29, 1.82) is 0 Å². The van der Waals surface area contributed by atoms with Crippen LogP contribution >= 0.6 is 0 Å². The first-order valence-corrected chi connectivity index (χ1v) is 10.2. The normalized spacial score (nSPS) is 10.3. The third-order valence-corrected chi connectivity index (χ3v) is 4.47. The van der Waals surface area contributed by atoms with Gasteiger partial charge in [0.25, 0.3) is 5.91 Å². The average molecular weight is 435 g/mol. The molecule has 3 aromatic rings. The SMILES string of the molecule is CCOCCOc1ccccc1C(=O)Oc1ccc(NC(=O)c2ccccc2OC)cc1. The van der Waals surface area contributed by atoms with E-state index in [1.807, 2.05) is 6.92 Å². The highest BCUT2D eigenvalue weighted by atomic mass is 16.5. The first-order chi connectivity index (χ1) is 15.6. The second-order valence-electron chi connectivity index (χ2n) is 6.61. The molecular weight excluding hydrogens is 410 g/mol. The molecule has 0 aliphatic carbocycles. The molecule has 1 N–H and O–H groups in total. The molecule has 0 heterocycles.